The van der Waals surface area contributed by atoms with Crippen LogP contribution in [0.4, 0.5) is 16.2 Å². The van der Waals surface area contributed by atoms with Gasteiger partial charge in [-0.3, -0.25) is 9.59 Å². The summed E-state index contributed by atoms with van der Waals surface area (Å²) in [6, 6.07) is 15.0. The van der Waals surface area contributed by atoms with Gasteiger partial charge in [0.05, 0.1) is 19.2 Å². The van der Waals surface area contributed by atoms with Crippen LogP contribution in [-0.4, -0.2) is 42.4 Å². The van der Waals surface area contributed by atoms with Crippen molar-refractivity contribution >= 4 is 40.6 Å². The maximum atomic E-state index is 13.4. The summed E-state index contributed by atoms with van der Waals surface area (Å²) in [4.78, 5) is 43.5. The highest BCUT2D eigenvalue weighted by Gasteiger charge is 2.46. The molecular weight excluding hydrogens is 450 g/mol. The molecule has 0 spiro atoms. The van der Waals surface area contributed by atoms with Gasteiger partial charge < -0.3 is 15.0 Å². The highest BCUT2D eigenvalue weighted by atomic mass is 32.1. The number of hydrogen-bond donors (Lipinski definition) is 1. The maximum Gasteiger partial charge on any atom is 0.332 e. The summed E-state index contributed by atoms with van der Waals surface area (Å²) >= 11 is 1.63. The minimum atomic E-state index is -0.868. The van der Waals surface area contributed by atoms with Gasteiger partial charge in [0.2, 0.25) is 5.91 Å². The number of carbonyl (C=O) groups is 3. The van der Waals surface area contributed by atoms with Crippen LogP contribution >= 0.6 is 11.3 Å². The monoisotopic (exact) mass is 477 g/mol. The second kappa shape index (κ2) is 10.1. The van der Waals surface area contributed by atoms with Crippen LogP contribution in [0.3, 0.4) is 0 Å². The Labute approximate surface area is 202 Å². The number of anilines is 2. The second-order valence-corrected chi connectivity index (χ2v) is 9.26. The van der Waals surface area contributed by atoms with Gasteiger partial charge in [0, 0.05) is 17.1 Å². The first kappa shape index (κ1) is 23.5. The number of ether oxygens (including phenoxy) is 1. The summed E-state index contributed by atoms with van der Waals surface area (Å²) in [6.07, 6.45) is 0.503. The largest absolute Gasteiger partial charge is 0.497 e. The predicted octanol–water partition coefficient (Wildman–Crippen LogP) is 4.78. The van der Waals surface area contributed by atoms with Crippen molar-refractivity contribution in [3.05, 3.63) is 76.0 Å². The molecule has 34 heavy (non-hydrogen) atoms. The number of amides is 4. The summed E-state index contributed by atoms with van der Waals surface area (Å²) in [7, 11) is 1.57. The van der Waals surface area contributed by atoms with Crippen molar-refractivity contribution in [1.82, 2.24) is 4.90 Å². The number of aryl methyl sites for hydroxylation is 2. The molecule has 1 unspecified atom stereocenters. The van der Waals surface area contributed by atoms with E-state index in [9.17, 15) is 14.4 Å². The number of hydrogen-bond acceptors (Lipinski definition) is 5. The molecular formula is C26H27N3O4S. The Kier molecular flexibility index (Phi) is 6.98. The molecule has 2 heterocycles. The lowest BCUT2D eigenvalue weighted by molar-refractivity contribution is -0.124. The molecule has 2 aromatic carbocycles. The van der Waals surface area contributed by atoms with Gasteiger partial charge in [0.1, 0.15) is 11.8 Å². The minimum Gasteiger partial charge on any atom is -0.497 e. The SMILES string of the molecule is COc1ccc(NC(=O)CC2C(=O)N(c3ccc(C)cc3)C(=O)N2CCc2sccc2C)cc1. The molecule has 176 valence electrons. The average Bonchev–Trinajstić information content (AvgIpc) is 3.33. The van der Waals surface area contributed by atoms with Crippen LogP contribution in [0, 0.1) is 13.8 Å². The van der Waals surface area contributed by atoms with Crippen LogP contribution in [0.15, 0.2) is 60.0 Å². The zero-order valence-electron chi connectivity index (χ0n) is 19.4. The standard InChI is InChI=1S/C26H27N3O4S/c1-17-4-8-20(9-5-17)29-25(31)22(16-24(30)27-19-6-10-21(33-3)11-7-19)28(26(29)32)14-12-23-18(2)13-15-34-23/h4-11,13,15,22H,12,14,16H2,1-3H3,(H,27,30). The van der Waals surface area contributed by atoms with Gasteiger partial charge in [0.25, 0.3) is 5.91 Å². The number of nitrogens with one attached hydrogen (secondary N) is 1. The number of thiophene rings is 1. The van der Waals surface area contributed by atoms with E-state index in [1.165, 1.54) is 9.80 Å². The Morgan fingerprint density at radius 2 is 1.74 bits per heavy atom. The Morgan fingerprint density at radius 1 is 1.03 bits per heavy atom. The molecule has 1 fully saturated rings. The van der Waals surface area contributed by atoms with Gasteiger partial charge in [-0.15, -0.1) is 11.3 Å². The Balaban J connectivity index is 1.54. The smallest absolute Gasteiger partial charge is 0.332 e. The molecule has 1 saturated heterocycles. The predicted molar refractivity (Wildman–Crippen MR) is 134 cm³/mol. The quantitative estimate of drug-likeness (QED) is 0.474. The van der Waals surface area contributed by atoms with E-state index in [-0.39, 0.29) is 18.2 Å². The molecule has 0 saturated carbocycles. The number of benzene rings is 2. The summed E-state index contributed by atoms with van der Waals surface area (Å²) in [5, 5.41) is 4.83. The lowest BCUT2D eigenvalue weighted by Crippen LogP contribution is -2.39. The van der Waals surface area contributed by atoms with Gasteiger partial charge in [0.15, 0.2) is 0 Å². The number of imide groups is 1. The molecule has 4 amide bonds. The van der Waals surface area contributed by atoms with Gasteiger partial charge in [-0.25, -0.2) is 9.69 Å². The normalized spacial score (nSPS) is 15.7. The molecule has 3 aromatic rings. The molecule has 7 nitrogen and oxygen atoms in total. The maximum absolute atomic E-state index is 13.4. The van der Waals surface area contributed by atoms with Crippen LogP contribution in [0.5, 0.6) is 5.75 Å². The van der Waals surface area contributed by atoms with Crippen molar-refractivity contribution in [2.24, 2.45) is 0 Å². The molecule has 1 aliphatic heterocycles. The minimum absolute atomic E-state index is 0.123. The van der Waals surface area contributed by atoms with Gasteiger partial charge >= 0.3 is 6.03 Å². The van der Waals surface area contributed by atoms with Gasteiger partial charge in [-0.1, -0.05) is 17.7 Å². The molecule has 0 radical (unpaired) electrons. The number of carbonyl (C=O) groups excluding carboxylic acids is 3. The molecule has 0 bridgehead atoms. The Morgan fingerprint density at radius 3 is 2.35 bits per heavy atom. The average molecular weight is 478 g/mol. The fourth-order valence-corrected chi connectivity index (χ4v) is 4.86. The number of nitrogens with zero attached hydrogens (tertiary/aromatic N) is 2. The first-order valence-electron chi connectivity index (χ1n) is 11.1. The number of methoxy groups -OCH3 is 1. The molecule has 1 aromatic heterocycles. The zero-order valence-corrected chi connectivity index (χ0v) is 20.2. The van der Waals surface area contributed by atoms with Crippen molar-refractivity contribution in [2.75, 3.05) is 23.9 Å². The lowest BCUT2D eigenvalue weighted by atomic mass is 10.1. The summed E-state index contributed by atoms with van der Waals surface area (Å²) in [5.41, 5.74) is 3.30. The number of urea groups is 1. The summed E-state index contributed by atoms with van der Waals surface area (Å²) < 4.78 is 5.14. The Bertz CT molecular complexity index is 1190. The third kappa shape index (κ3) is 4.97. The van der Waals surface area contributed by atoms with E-state index in [2.05, 4.69) is 5.32 Å². The molecule has 0 aliphatic carbocycles. The van der Waals surface area contributed by atoms with Crippen molar-refractivity contribution in [3.8, 4) is 5.75 Å². The molecule has 1 aliphatic rings. The Hall–Kier alpha value is -3.65. The first-order chi connectivity index (χ1) is 16.4. The highest BCUT2D eigenvalue weighted by molar-refractivity contribution is 7.10. The third-order valence-corrected chi connectivity index (χ3v) is 6.99. The fourth-order valence-electron chi connectivity index (χ4n) is 3.96. The molecule has 1 atom stereocenters. The van der Waals surface area contributed by atoms with Crippen LogP contribution in [0.2, 0.25) is 0 Å². The lowest BCUT2D eigenvalue weighted by Gasteiger charge is -2.21. The van der Waals surface area contributed by atoms with E-state index in [4.69, 9.17) is 4.74 Å². The van der Waals surface area contributed by atoms with Crippen LogP contribution in [0.25, 0.3) is 0 Å². The van der Waals surface area contributed by atoms with E-state index in [1.54, 1.807) is 54.8 Å². The summed E-state index contributed by atoms with van der Waals surface area (Å²) in [5.74, 6) is -0.0423. The van der Waals surface area contributed by atoms with Gasteiger partial charge in [-0.2, -0.15) is 0 Å². The summed E-state index contributed by atoms with van der Waals surface area (Å²) in [6.45, 7) is 4.33. The van der Waals surface area contributed by atoms with E-state index >= 15 is 0 Å². The van der Waals surface area contributed by atoms with Crippen molar-refractivity contribution in [3.63, 3.8) is 0 Å². The van der Waals surface area contributed by atoms with E-state index in [0.717, 1.165) is 16.0 Å². The molecule has 4 rings (SSSR count). The second-order valence-electron chi connectivity index (χ2n) is 8.26. The molecule has 1 N–H and O–H groups in total. The molecule has 8 heteroatoms. The number of rotatable bonds is 8. The van der Waals surface area contributed by atoms with E-state index in [1.807, 2.05) is 37.4 Å². The van der Waals surface area contributed by atoms with Crippen molar-refractivity contribution in [1.29, 1.82) is 0 Å². The van der Waals surface area contributed by atoms with E-state index in [0.29, 0.717) is 30.1 Å². The topological polar surface area (TPSA) is 79.0 Å². The van der Waals surface area contributed by atoms with Gasteiger partial charge in [-0.05, 0) is 73.7 Å². The van der Waals surface area contributed by atoms with Crippen molar-refractivity contribution < 1.29 is 19.1 Å². The van der Waals surface area contributed by atoms with Crippen molar-refractivity contribution in [2.45, 2.75) is 32.7 Å². The highest BCUT2D eigenvalue weighted by Crippen LogP contribution is 2.28. The third-order valence-electron chi connectivity index (χ3n) is 5.91. The zero-order chi connectivity index (χ0) is 24.2. The van der Waals surface area contributed by atoms with Crippen LogP contribution in [0.1, 0.15) is 22.4 Å². The van der Waals surface area contributed by atoms with Crippen LogP contribution < -0.4 is 15.0 Å². The van der Waals surface area contributed by atoms with E-state index < -0.39 is 12.1 Å². The first-order valence-corrected chi connectivity index (χ1v) is 11.9. The fraction of sp³-hybridized carbons (Fsp3) is 0.269. The van der Waals surface area contributed by atoms with Crippen LogP contribution in [-0.2, 0) is 16.0 Å².